The van der Waals surface area contributed by atoms with E-state index in [-0.39, 0.29) is 18.1 Å². The van der Waals surface area contributed by atoms with Gasteiger partial charge in [0.15, 0.2) is 0 Å². The molecule has 1 amide bonds. The summed E-state index contributed by atoms with van der Waals surface area (Å²) in [5, 5.41) is 6.69. The van der Waals surface area contributed by atoms with E-state index in [1.807, 2.05) is 6.07 Å². The Bertz CT molecular complexity index is 664. The topological polar surface area (TPSA) is 41.1 Å². The first kappa shape index (κ1) is 16.7. The lowest BCUT2D eigenvalue weighted by atomic mass is 10.1. The normalized spacial score (nSPS) is 10.5. The van der Waals surface area contributed by atoms with Crippen LogP contribution >= 0.6 is 23.2 Å². The highest BCUT2D eigenvalue weighted by Gasteiger charge is 2.06. The predicted molar refractivity (Wildman–Crippen MR) is 88.1 cm³/mol. The summed E-state index contributed by atoms with van der Waals surface area (Å²) < 4.78 is 13.4. The van der Waals surface area contributed by atoms with E-state index < -0.39 is 5.82 Å². The molecule has 2 rings (SSSR count). The number of carbonyl (C=O) groups is 1. The van der Waals surface area contributed by atoms with Gasteiger partial charge in [0.25, 0.3) is 0 Å². The number of benzene rings is 2. The molecule has 0 radical (unpaired) electrons. The molecule has 3 nitrogen and oxygen atoms in total. The third-order valence-electron chi connectivity index (χ3n) is 3.02. The van der Waals surface area contributed by atoms with Crippen molar-refractivity contribution in [2.75, 3.05) is 18.4 Å². The molecular weight excluding hydrogens is 326 g/mol. The summed E-state index contributed by atoms with van der Waals surface area (Å²) >= 11 is 11.9. The number of nitrogens with one attached hydrogen (secondary N) is 2. The van der Waals surface area contributed by atoms with Crippen LogP contribution in [-0.4, -0.2) is 19.0 Å². The maximum absolute atomic E-state index is 13.4. The Morgan fingerprint density at radius 2 is 1.91 bits per heavy atom. The second-order valence-corrected chi connectivity index (χ2v) is 5.53. The highest BCUT2D eigenvalue weighted by atomic mass is 35.5. The van der Waals surface area contributed by atoms with Crippen LogP contribution in [-0.2, 0) is 11.2 Å². The Labute approximate surface area is 138 Å². The van der Waals surface area contributed by atoms with Crippen LogP contribution in [0.1, 0.15) is 5.56 Å². The molecule has 0 unspecified atom stereocenters. The predicted octanol–water partition coefficient (Wildman–Crippen LogP) is 3.90. The maximum atomic E-state index is 13.4. The third-order valence-corrected chi connectivity index (χ3v) is 3.61. The molecule has 22 heavy (non-hydrogen) atoms. The molecule has 2 aromatic rings. The van der Waals surface area contributed by atoms with Gasteiger partial charge in [-0.2, -0.15) is 0 Å². The van der Waals surface area contributed by atoms with E-state index in [1.165, 1.54) is 12.1 Å². The van der Waals surface area contributed by atoms with Gasteiger partial charge in [0.05, 0.1) is 12.2 Å². The van der Waals surface area contributed by atoms with Crippen LogP contribution in [0.3, 0.4) is 0 Å². The van der Waals surface area contributed by atoms with E-state index in [0.29, 0.717) is 23.0 Å². The Hall–Kier alpha value is -1.62. The minimum atomic E-state index is -0.455. The van der Waals surface area contributed by atoms with Crippen molar-refractivity contribution >= 4 is 34.8 Å². The summed E-state index contributed by atoms with van der Waals surface area (Å²) in [7, 11) is 0. The lowest BCUT2D eigenvalue weighted by Crippen LogP contribution is -2.29. The van der Waals surface area contributed by atoms with Crippen LogP contribution in [0, 0.1) is 5.82 Å². The third kappa shape index (κ3) is 4.98. The SMILES string of the molecule is O=C(CNCCc1ccc(Cl)cc1Cl)Nc1ccccc1F. The molecule has 0 aromatic heterocycles. The van der Waals surface area contributed by atoms with Crippen molar-refractivity contribution in [3.05, 3.63) is 63.9 Å². The molecule has 0 saturated carbocycles. The fourth-order valence-electron chi connectivity index (χ4n) is 1.91. The fourth-order valence-corrected chi connectivity index (χ4v) is 2.41. The van der Waals surface area contributed by atoms with Crippen molar-refractivity contribution in [3.63, 3.8) is 0 Å². The zero-order valence-electron chi connectivity index (χ0n) is 11.7. The summed E-state index contributed by atoms with van der Waals surface area (Å²) in [5.41, 5.74) is 1.13. The number of halogens is 3. The van der Waals surface area contributed by atoms with Gasteiger partial charge in [-0.3, -0.25) is 4.79 Å². The standard InChI is InChI=1S/C16H15Cl2FN2O/c17-12-6-5-11(13(18)9-12)7-8-20-10-16(22)21-15-4-2-1-3-14(15)19/h1-6,9,20H,7-8,10H2,(H,21,22). The molecule has 0 aliphatic heterocycles. The van der Waals surface area contributed by atoms with Crippen LogP contribution in [0.15, 0.2) is 42.5 Å². The van der Waals surface area contributed by atoms with Gasteiger partial charge in [-0.15, -0.1) is 0 Å². The Morgan fingerprint density at radius 1 is 1.14 bits per heavy atom. The second kappa shape index (κ2) is 8.13. The smallest absolute Gasteiger partial charge is 0.238 e. The molecule has 2 aromatic carbocycles. The monoisotopic (exact) mass is 340 g/mol. The molecule has 6 heteroatoms. The fraction of sp³-hybridized carbons (Fsp3) is 0.188. The highest BCUT2D eigenvalue weighted by Crippen LogP contribution is 2.21. The molecule has 0 aliphatic rings. The molecule has 0 fully saturated rings. The maximum Gasteiger partial charge on any atom is 0.238 e. The van der Waals surface area contributed by atoms with Crippen molar-refractivity contribution in [2.24, 2.45) is 0 Å². The van der Waals surface area contributed by atoms with Gasteiger partial charge in [0, 0.05) is 10.0 Å². The lowest BCUT2D eigenvalue weighted by molar-refractivity contribution is -0.115. The molecule has 0 saturated heterocycles. The van der Waals surface area contributed by atoms with Gasteiger partial charge in [0.1, 0.15) is 5.82 Å². The van der Waals surface area contributed by atoms with Crippen LogP contribution in [0.5, 0.6) is 0 Å². The van der Waals surface area contributed by atoms with Gasteiger partial charge >= 0.3 is 0 Å². The average molecular weight is 341 g/mol. The second-order valence-electron chi connectivity index (χ2n) is 4.69. The molecular formula is C16H15Cl2FN2O. The quantitative estimate of drug-likeness (QED) is 0.783. The first-order chi connectivity index (χ1) is 10.6. The highest BCUT2D eigenvalue weighted by molar-refractivity contribution is 6.35. The number of hydrogen-bond acceptors (Lipinski definition) is 2. The van der Waals surface area contributed by atoms with Crippen molar-refractivity contribution in [3.8, 4) is 0 Å². The number of anilines is 1. The summed E-state index contributed by atoms with van der Waals surface area (Å²) in [5.74, 6) is -0.754. The Balaban J connectivity index is 1.74. The first-order valence-electron chi connectivity index (χ1n) is 6.75. The minimum absolute atomic E-state index is 0.0968. The summed E-state index contributed by atoms with van der Waals surface area (Å²) in [6.07, 6.45) is 0.670. The number of carbonyl (C=O) groups excluding carboxylic acids is 1. The van der Waals surface area contributed by atoms with Crippen molar-refractivity contribution in [2.45, 2.75) is 6.42 Å². The molecule has 0 heterocycles. The summed E-state index contributed by atoms with van der Waals surface area (Å²) in [6.45, 7) is 0.672. The van der Waals surface area contributed by atoms with E-state index in [1.54, 1.807) is 24.3 Å². The van der Waals surface area contributed by atoms with E-state index in [0.717, 1.165) is 5.56 Å². The number of amides is 1. The van der Waals surface area contributed by atoms with E-state index in [4.69, 9.17) is 23.2 Å². The van der Waals surface area contributed by atoms with E-state index in [2.05, 4.69) is 10.6 Å². The first-order valence-corrected chi connectivity index (χ1v) is 7.51. The largest absolute Gasteiger partial charge is 0.322 e. The Morgan fingerprint density at radius 3 is 2.64 bits per heavy atom. The number of rotatable bonds is 6. The molecule has 2 N–H and O–H groups in total. The minimum Gasteiger partial charge on any atom is -0.322 e. The van der Waals surface area contributed by atoms with Crippen molar-refractivity contribution in [1.82, 2.24) is 5.32 Å². The van der Waals surface area contributed by atoms with Crippen LogP contribution in [0.4, 0.5) is 10.1 Å². The molecule has 0 atom stereocenters. The lowest BCUT2D eigenvalue weighted by Gasteiger charge is -2.08. The molecule has 116 valence electrons. The number of para-hydroxylation sites is 1. The van der Waals surface area contributed by atoms with Gasteiger partial charge in [0.2, 0.25) is 5.91 Å². The Kier molecular flexibility index (Phi) is 6.19. The summed E-state index contributed by atoms with van der Waals surface area (Å²) in [6, 6.07) is 11.3. The zero-order valence-corrected chi connectivity index (χ0v) is 13.2. The molecule has 0 bridgehead atoms. The van der Waals surface area contributed by atoms with Crippen LogP contribution < -0.4 is 10.6 Å². The number of hydrogen-bond donors (Lipinski definition) is 2. The van der Waals surface area contributed by atoms with E-state index in [9.17, 15) is 9.18 Å². The van der Waals surface area contributed by atoms with Gasteiger partial charge in [-0.25, -0.2) is 4.39 Å². The van der Waals surface area contributed by atoms with Crippen LogP contribution in [0.2, 0.25) is 10.0 Å². The van der Waals surface area contributed by atoms with Gasteiger partial charge in [-0.05, 0) is 42.8 Å². The molecule has 0 aliphatic carbocycles. The van der Waals surface area contributed by atoms with Crippen molar-refractivity contribution < 1.29 is 9.18 Å². The average Bonchev–Trinajstić information content (AvgIpc) is 2.48. The van der Waals surface area contributed by atoms with E-state index >= 15 is 0 Å². The molecule has 0 spiro atoms. The van der Waals surface area contributed by atoms with Crippen molar-refractivity contribution in [1.29, 1.82) is 0 Å². The van der Waals surface area contributed by atoms with Crippen LogP contribution in [0.25, 0.3) is 0 Å². The zero-order chi connectivity index (χ0) is 15.9. The summed E-state index contributed by atoms with van der Waals surface area (Å²) in [4.78, 5) is 11.7. The van der Waals surface area contributed by atoms with Gasteiger partial charge in [-0.1, -0.05) is 41.4 Å². The van der Waals surface area contributed by atoms with Gasteiger partial charge < -0.3 is 10.6 Å².